The molecule has 3 rings (SSSR count). The predicted octanol–water partition coefficient (Wildman–Crippen LogP) is 2.49. The van der Waals surface area contributed by atoms with Crippen LogP contribution in [-0.4, -0.2) is 12.3 Å². The van der Waals surface area contributed by atoms with Gasteiger partial charge >= 0.3 is 0 Å². The Labute approximate surface area is 102 Å². The quantitative estimate of drug-likeness (QED) is 0.853. The molecule has 0 amide bonds. The molecule has 0 aromatic heterocycles. The molecule has 1 saturated carbocycles. The molecule has 1 aromatic carbocycles. The fourth-order valence-corrected chi connectivity index (χ4v) is 2.68. The van der Waals surface area contributed by atoms with Crippen LogP contribution in [0.1, 0.15) is 37.8 Å². The van der Waals surface area contributed by atoms with Crippen molar-refractivity contribution in [3.63, 3.8) is 0 Å². The standard InChI is InChI=1S/C14H19NO2/c1-9-6-11-12(17-13(2,3)16-11)7-10(9)14(8-15)4-5-14/h6-7H,4-5,8,15H2,1-3H3. The molecule has 1 aliphatic carbocycles. The van der Waals surface area contributed by atoms with Gasteiger partial charge in [0.05, 0.1) is 0 Å². The minimum atomic E-state index is -0.549. The molecule has 0 bridgehead atoms. The topological polar surface area (TPSA) is 44.5 Å². The monoisotopic (exact) mass is 233 g/mol. The van der Waals surface area contributed by atoms with Crippen molar-refractivity contribution in [2.24, 2.45) is 5.73 Å². The zero-order chi connectivity index (χ0) is 12.3. The fraction of sp³-hybridized carbons (Fsp3) is 0.571. The van der Waals surface area contributed by atoms with E-state index >= 15 is 0 Å². The first-order valence-corrected chi connectivity index (χ1v) is 6.19. The van der Waals surface area contributed by atoms with Crippen LogP contribution in [0.3, 0.4) is 0 Å². The SMILES string of the molecule is Cc1cc2c(cc1C1(CN)CC1)OC(C)(C)O2. The van der Waals surface area contributed by atoms with E-state index in [-0.39, 0.29) is 5.41 Å². The summed E-state index contributed by atoms with van der Waals surface area (Å²) in [5.74, 6) is 1.16. The summed E-state index contributed by atoms with van der Waals surface area (Å²) in [6.07, 6.45) is 2.38. The Hall–Kier alpha value is -1.22. The molecule has 0 spiro atoms. The summed E-state index contributed by atoms with van der Waals surface area (Å²) in [7, 11) is 0. The van der Waals surface area contributed by atoms with E-state index in [2.05, 4.69) is 19.1 Å². The molecule has 0 atom stereocenters. The summed E-state index contributed by atoms with van der Waals surface area (Å²) in [5, 5.41) is 0. The zero-order valence-electron chi connectivity index (χ0n) is 10.7. The van der Waals surface area contributed by atoms with E-state index in [1.165, 1.54) is 24.0 Å². The van der Waals surface area contributed by atoms with Gasteiger partial charge in [-0.15, -0.1) is 0 Å². The summed E-state index contributed by atoms with van der Waals surface area (Å²) < 4.78 is 11.5. The molecule has 92 valence electrons. The van der Waals surface area contributed by atoms with Crippen LogP contribution < -0.4 is 15.2 Å². The molecule has 1 heterocycles. The Morgan fingerprint density at radius 2 is 1.76 bits per heavy atom. The normalized spacial score (nSPS) is 22.6. The Balaban J connectivity index is 2.05. The molecule has 0 radical (unpaired) electrons. The Morgan fingerprint density at radius 1 is 1.18 bits per heavy atom. The molecule has 3 heteroatoms. The van der Waals surface area contributed by atoms with Crippen LogP contribution in [0.2, 0.25) is 0 Å². The Morgan fingerprint density at radius 3 is 2.29 bits per heavy atom. The third kappa shape index (κ3) is 1.61. The van der Waals surface area contributed by atoms with E-state index in [0.29, 0.717) is 0 Å². The fourth-order valence-electron chi connectivity index (χ4n) is 2.68. The second kappa shape index (κ2) is 3.16. The lowest BCUT2D eigenvalue weighted by molar-refractivity contribution is -0.0431. The number of ether oxygens (including phenoxy) is 2. The minimum Gasteiger partial charge on any atom is -0.449 e. The second-order valence-electron chi connectivity index (χ2n) is 5.70. The summed E-state index contributed by atoms with van der Waals surface area (Å²) in [5.41, 5.74) is 8.69. The lowest BCUT2D eigenvalue weighted by Crippen LogP contribution is -2.29. The second-order valence-corrected chi connectivity index (χ2v) is 5.70. The van der Waals surface area contributed by atoms with Crippen LogP contribution in [0.4, 0.5) is 0 Å². The smallest absolute Gasteiger partial charge is 0.246 e. The maximum absolute atomic E-state index is 5.90. The average Bonchev–Trinajstić information content (AvgIpc) is 2.96. The third-order valence-corrected chi connectivity index (χ3v) is 3.82. The highest BCUT2D eigenvalue weighted by Gasteiger charge is 2.45. The van der Waals surface area contributed by atoms with E-state index in [0.717, 1.165) is 18.0 Å². The molecule has 2 N–H and O–H groups in total. The first-order chi connectivity index (χ1) is 7.96. The van der Waals surface area contributed by atoms with Crippen LogP contribution in [0.25, 0.3) is 0 Å². The molecule has 1 fully saturated rings. The first kappa shape index (κ1) is 10.9. The predicted molar refractivity (Wildman–Crippen MR) is 66.5 cm³/mol. The summed E-state index contributed by atoms with van der Waals surface area (Å²) in [4.78, 5) is 0. The molecule has 0 unspecified atom stereocenters. The zero-order valence-corrected chi connectivity index (χ0v) is 10.7. The van der Waals surface area contributed by atoms with E-state index in [9.17, 15) is 0 Å². The number of hydrogen-bond donors (Lipinski definition) is 1. The van der Waals surface area contributed by atoms with Gasteiger partial charge < -0.3 is 15.2 Å². The van der Waals surface area contributed by atoms with Crippen molar-refractivity contribution in [1.29, 1.82) is 0 Å². The average molecular weight is 233 g/mol. The van der Waals surface area contributed by atoms with Gasteiger partial charge in [-0.2, -0.15) is 0 Å². The van der Waals surface area contributed by atoms with Gasteiger partial charge in [-0.25, -0.2) is 0 Å². The van der Waals surface area contributed by atoms with Crippen LogP contribution >= 0.6 is 0 Å². The van der Waals surface area contributed by atoms with Crippen molar-refractivity contribution in [3.8, 4) is 11.5 Å². The summed E-state index contributed by atoms with van der Waals surface area (Å²) in [6, 6.07) is 4.20. The van der Waals surface area contributed by atoms with Crippen LogP contribution in [0.5, 0.6) is 11.5 Å². The van der Waals surface area contributed by atoms with Crippen molar-refractivity contribution in [2.45, 2.75) is 44.8 Å². The number of hydrogen-bond acceptors (Lipinski definition) is 3. The highest BCUT2D eigenvalue weighted by molar-refractivity contribution is 5.53. The van der Waals surface area contributed by atoms with Crippen molar-refractivity contribution in [3.05, 3.63) is 23.3 Å². The third-order valence-electron chi connectivity index (χ3n) is 3.82. The largest absolute Gasteiger partial charge is 0.449 e. The number of benzene rings is 1. The molecular formula is C14H19NO2. The highest BCUT2D eigenvalue weighted by atomic mass is 16.7. The van der Waals surface area contributed by atoms with Gasteiger partial charge in [-0.1, -0.05) is 0 Å². The molecule has 1 aromatic rings. The molecule has 3 nitrogen and oxygen atoms in total. The van der Waals surface area contributed by atoms with Gasteiger partial charge in [-0.05, 0) is 43.0 Å². The van der Waals surface area contributed by atoms with Gasteiger partial charge in [0, 0.05) is 25.8 Å². The summed E-state index contributed by atoms with van der Waals surface area (Å²) >= 11 is 0. The van der Waals surface area contributed by atoms with Gasteiger partial charge in [0.2, 0.25) is 5.79 Å². The van der Waals surface area contributed by atoms with Crippen molar-refractivity contribution < 1.29 is 9.47 Å². The number of aryl methyl sites for hydroxylation is 1. The van der Waals surface area contributed by atoms with Crippen LogP contribution in [-0.2, 0) is 5.41 Å². The van der Waals surface area contributed by atoms with E-state index in [4.69, 9.17) is 15.2 Å². The minimum absolute atomic E-state index is 0.204. The Kier molecular flexibility index (Phi) is 2.03. The summed E-state index contributed by atoms with van der Waals surface area (Å²) in [6.45, 7) is 6.70. The first-order valence-electron chi connectivity index (χ1n) is 6.19. The highest BCUT2D eigenvalue weighted by Crippen LogP contribution is 2.52. The van der Waals surface area contributed by atoms with E-state index in [1.807, 2.05) is 13.8 Å². The van der Waals surface area contributed by atoms with E-state index < -0.39 is 5.79 Å². The Bertz CT molecular complexity index is 475. The van der Waals surface area contributed by atoms with Gasteiger partial charge in [0.25, 0.3) is 0 Å². The van der Waals surface area contributed by atoms with Gasteiger partial charge in [0.15, 0.2) is 11.5 Å². The van der Waals surface area contributed by atoms with E-state index in [1.54, 1.807) is 0 Å². The van der Waals surface area contributed by atoms with Gasteiger partial charge in [0.1, 0.15) is 0 Å². The maximum Gasteiger partial charge on any atom is 0.246 e. The lowest BCUT2D eigenvalue weighted by atomic mass is 9.91. The lowest BCUT2D eigenvalue weighted by Gasteiger charge is -2.16. The molecule has 1 aliphatic heterocycles. The maximum atomic E-state index is 5.90. The van der Waals surface area contributed by atoms with Crippen molar-refractivity contribution in [2.75, 3.05) is 6.54 Å². The van der Waals surface area contributed by atoms with Crippen LogP contribution in [0, 0.1) is 6.92 Å². The molecule has 17 heavy (non-hydrogen) atoms. The number of nitrogens with two attached hydrogens (primary N) is 1. The van der Waals surface area contributed by atoms with Gasteiger partial charge in [-0.3, -0.25) is 0 Å². The van der Waals surface area contributed by atoms with Crippen molar-refractivity contribution >= 4 is 0 Å². The van der Waals surface area contributed by atoms with Crippen molar-refractivity contribution in [1.82, 2.24) is 0 Å². The number of fused-ring (bicyclic) bond motifs is 1. The van der Waals surface area contributed by atoms with Crippen LogP contribution in [0.15, 0.2) is 12.1 Å². The molecule has 0 saturated heterocycles. The molecule has 2 aliphatic rings. The molecular weight excluding hydrogens is 214 g/mol. The number of rotatable bonds is 2.